The molecule has 236 valence electrons. The molecule has 0 unspecified atom stereocenters. The number of hydrogen-bond acceptors (Lipinski definition) is 5. The predicted molar refractivity (Wildman–Crippen MR) is 210 cm³/mol. The molecule has 49 heavy (non-hydrogen) atoms. The molecule has 0 N–H and O–H groups in total. The molecule has 0 aliphatic rings. The minimum absolute atomic E-state index is 0.626. The number of allylic oxidation sites excluding steroid dienone is 2. The Morgan fingerprint density at radius 2 is 1.22 bits per heavy atom. The van der Waals surface area contributed by atoms with Gasteiger partial charge in [0.15, 0.2) is 11.6 Å². The van der Waals surface area contributed by atoms with Gasteiger partial charge in [-0.05, 0) is 0 Å². The van der Waals surface area contributed by atoms with Crippen LogP contribution in [0.3, 0.4) is 0 Å². The van der Waals surface area contributed by atoms with E-state index in [1.165, 1.54) is 0 Å². The Labute approximate surface area is 291 Å². The van der Waals surface area contributed by atoms with Gasteiger partial charge in [-0.15, -0.1) is 0 Å². The van der Waals surface area contributed by atoms with Crippen LogP contribution in [0, 0.1) is 0 Å². The maximum absolute atomic E-state index is 5.07. The Hall–Kier alpha value is -5.79. The van der Waals surface area contributed by atoms with Gasteiger partial charge in [0, 0.05) is 11.1 Å². The van der Waals surface area contributed by atoms with Gasteiger partial charge in [0.2, 0.25) is 0 Å². The maximum atomic E-state index is 5.07. The molecule has 5 nitrogen and oxygen atoms in total. The number of rotatable bonds is 9. The minimum atomic E-state index is 0.626. The van der Waals surface area contributed by atoms with Crippen LogP contribution in [0.2, 0.25) is 6.82 Å². The Morgan fingerprint density at radius 1 is 0.633 bits per heavy atom. The van der Waals surface area contributed by atoms with E-state index in [0.29, 0.717) is 17.5 Å². The monoisotopic (exact) mass is 651 g/mol. The zero-order valence-corrected chi connectivity index (χ0v) is 28.5. The van der Waals surface area contributed by atoms with Gasteiger partial charge in [0.05, 0.1) is 0 Å². The van der Waals surface area contributed by atoms with Crippen LogP contribution in [0.1, 0.15) is 36.4 Å². The van der Waals surface area contributed by atoms with E-state index in [4.69, 9.17) is 19.9 Å². The molecule has 0 aliphatic carbocycles. The van der Waals surface area contributed by atoms with Crippen molar-refractivity contribution in [2.75, 3.05) is 0 Å². The second kappa shape index (κ2) is 14.1. The van der Waals surface area contributed by atoms with E-state index < -0.39 is 0 Å². The summed E-state index contributed by atoms with van der Waals surface area (Å²) in [5.41, 5.74) is 10.3. The van der Waals surface area contributed by atoms with Gasteiger partial charge < -0.3 is 0 Å². The zero-order chi connectivity index (χ0) is 33.7. The van der Waals surface area contributed by atoms with Gasteiger partial charge in [-0.2, -0.15) is 0 Å². The van der Waals surface area contributed by atoms with E-state index in [9.17, 15) is 0 Å². The Kier molecular flexibility index (Phi) is 9.18. The fraction of sp³-hybridized carbons (Fsp3) is 0.0714. The van der Waals surface area contributed by atoms with E-state index in [0.717, 1.165) is 65.7 Å². The molecule has 3 aromatic heterocycles. The van der Waals surface area contributed by atoms with Crippen molar-refractivity contribution in [1.29, 1.82) is 0 Å². The Morgan fingerprint density at radius 3 is 1.82 bits per heavy atom. The summed E-state index contributed by atoms with van der Waals surface area (Å²) >= 11 is 1.67. The summed E-state index contributed by atoms with van der Waals surface area (Å²) in [7, 11) is 0. The molecule has 4 aromatic carbocycles. The molecular weight excluding hydrogens is 617 g/mol. The van der Waals surface area contributed by atoms with Crippen molar-refractivity contribution in [3.63, 3.8) is 0 Å². The predicted octanol–water partition coefficient (Wildman–Crippen LogP) is 10.6. The molecule has 0 saturated carbocycles. The van der Waals surface area contributed by atoms with Crippen LogP contribution in [0.15, 0.2) is 122 Å². The number of nitrogens with zero attached hydrogens (tertiary/aromatic N) is 5. The third-order valence-corrected chi connectivity index (χ3v) is 9.27. The van der Waals surface area contributed by atoms with Crippen LogP contribution in [0.25, 0.3) is 78.9 Å². The van der Waals surface area contributed by atoms with Crippen LogP contribution in [0.5, 0.6) is 0 Å². The average Bonchev–Trinajstić information content (AvgIpc) is 3.71. The SMILES string of the molecule is C=Cc1c(/C=C\C)c(/C=C\C)c(/C=B\C)n1-c1cccc(-c2nc3ccc(-c4nc(-c5ccccc5)nc(-c5ccccc5)n4)cc3s2)c1. The molecule has 0 atom stereocenters. The molecule has 3 heterocycles. The first-order valence-electron chi connectivity index (χ1n) is 16.3. The van der Waals surface area contributed by atoms with Gasteiger partial charge in [-0.3, -0.25) is 0 Å². The van der Waals surface area contributed by atoms with Gasteiger partial charge in [0.25, 0.3) is 0 Å². The summed E-state index contributed by atoms with van der Waals surface area (Å²) in [4.78, 5) is 19.8. The van der Waals surface area contributed by atoms with Crippen molar-refractivity contribution in [3.05, 3.63) is 144 Å². The molecule has 0 fully saturated rings. The van der Waals surface area contributed by atoms with Crippen molar-refractivity contribution in [2.45, 2.75) is 20.7 Å². The molecule has 0 aliphatic heterocycles. The molecule has 0 amide bonds. The number of hydrogen-bond donors (Lipinski definition) is 0. The van der Waals surface area contributed by atoms with Crippen molar-refractivity contribution < 1.29 is 0 Å². The first-order chi connectivity index (χ1) is 24.1. The molecule has 0 bridgehead atoms. The summed E-state index contributed by atoms with van der Waals surface area (Å²) in [6.45, 7) is 12.4. The normalized spacial score (nSPS) is 11.7. The van der Waals surface area contributed by atoms with Crippen molar-refractivity contribution in [2.24, 2.45) is 0 Å². The van der Waals surface area contributed by atoms with E-state index in [-0.39, 0.29) is 0 Å². The summed E-state index contributed by atoms with van der Waals surface area (Å²) in [6, 6.07) is 34.9. The molecule has 7 heteroatoms. The van der Waals surface area contributed by atoms with E-state index >= 15 is 0 Å². The molecule has 7 rings (SSSR count). The van der Waals surface area contributed by atoms with Gasteiger partial charge in [-0.1, -0.05) is 60.7 Å². The first kappa shape index (κ1) is 31.8. The molecular formula is C42H34BN5S. The van der Waals surface area contributed by atoms with E-state index in [1.54, 1.807) is 11.3 Å². The molecule has 7 aromatic rings. The van der Waals surface area contributed by atoms with Gasteiger partial charge in [-0.25, -0.2) is 15.0 Å². The Balaban J connectivity index is 1.32. The summed E-state index contributed by atoms with van der Waals surface area (Å²) in [5, 5.41) is 0.946. The number of aromatic nitrogens is 5. The Bertz CT molecular complexity index is 2330. The second-order valence-electron chi connectivity index (χ2n) is 11.4. The summed E-state index contributed by atoms with van der Waals surface area (Å²) in [6.07, 6.45) is 10.4. The van der Waals surface area contributed by atoms with Crippen molar-refractivity contribution >= 4 is 52.7 Å². The van der Waals surface area contributed by atoms with Crippen LogP contribution >= 0.6 is 11.3 Å². The third kappa shape index (κ3) is 6.29. The van der Waals surface area contributed by atoms with Gasteiger partial charge in [0.1, 0.15) is 0 Å². The standard InChI is InChI=1S/C42H34BN5S/c1-5-15-33-34(16-6-2)37(27-43-4)48(36(33)7-3)32-22-14-21-31(25-32)42-44-35-24-23-30(26-38(35)49-42)41-46-39(28-17-10-8-11-18-28)45-40(47-41)29-19-12-9-13-20-29/h5-27H,3H2,1-2,4H3/b15-5-,16-6-. The van der Waals surface area contributed by atoms with Crippen molar-refractivity contribution in [3.8, 4) is 50.4 Å². The number of benzene rings is 4. The van der Waals surface area contributed by atoms with Crippen LogP contribution in [-0.2, 0) is 0 Å². The first-order valence-corrected chi connectivity index (χ1v) is 17.1. The summed E-state index contributed by atoms with van der Waals surface area (Å²) in [5.74, 6) is 4.07. The summed E-state index contributed by atoms with van der Waals surface area (Å²) < 4.78 is 3.34. The topological polar surface area (TPSA) is 56.5 Å². The number of thiazole rings is 1. The van der Waals surface area contributed by atoms with E-state index in [2.05, 4.69) is 84.7 Å². The number of fused-ring (bicyclic) bond motifs is 1. The fourth-order valence-electron chi connectivity index (χ4n) is 6.03. The fourth-order valence-corrected chi connectivity index (χ4v) is 7.04. The van der Waals surface area contributed by atoms with E-state index in [1.807, 2.05) is 93.5 Å². The van der Waals surface area contributed by atoms with Crippen LogP contribution in [0.4, 0.5) is 0 Å². The molecule has 0 saturated heterocycles. The average molecular weight is 652 g/mol. The molecule has 0 radical (unpaired) electrons. The van der Waals surface area contributed by atoms with Crippen LogP contribution < -0.4 is 0 Å². The quantitative estimate of drug-likeness (QED) is 0.146. The third-order valence-electron chi connectivity index (χ3n) is 8.21. The second-order valence-corrected chi connectivity index (χ2v) is 12.5. The van der Waals surface area contributed by atoms with Crippen molar-refractivity contribution in [1.82, 2.24) is 24.5 Å². The van der Waals surface area contributed by atoms with Gasteiger partial charge >= 0.3 is 194 Å². The zero-order valence-electron chi connectivity index (χ0n) is 27.7. The molecule has 0 spiro atoms. The van der Waals surface area contributed by atoms with Crippen LogP contribution in [-0.4, -0.2) is 37.4 Å².